The van der Waals surface area contributed by atoms with Crippen LogP contribution in [0.1, 0.15) is 11.1 Å². The highest BCUT2D eigenvalue weighted by molar-refractivity contribution is 7.08. The van der Waals surface area contributed by atoms with Crippen molar-refractivity contribution in [1.29, 1.82) is 0 Å². The van der Waals surface area contributed by atoms with Crippen molar-refractivity contribution < 1.29 is 4.58 Å². The first-order chi connectivity index (χ1) is 12.8. The fourth-order valence-corrected chi connectivity index (χ4v) is 7.82. The molecule has 27 heavy (non-hydrogen) atoms. The molecule has 2 nitrogen and oxygen atoms in total. The third kappa shape index (κ3) is 2.88. The Labute approximate surface area is 167 Å². The second-order valence-corrected chi connectivity index (χ2v) is 13.4. The van der Waals surface area contributed by atoms with E-state index in [2.05, 4.69) is 104 Å². The molecule has 1 aromatic heterocycles. The van der Waals surface area contributed by atoms with Gasteiger partial charge >= 0.3 is 0 Å². The summed E-state index contributed by atoms with van der Waals surface area (Å²) in [6, 6.07) is 9.29. The van der Waals surface area contributed by atoms with E-state index in [1.54, 1.807) is 21.7 Å². The van der Waals surface area contributed by atoms with Gasteiger partial charge in [-0.25, -0.2) is 4.58 Å². The van der Waals surface area contributed by atoms with Crippen molar-refractivity contribution in [2.24, 2.45) is 0 Å². The second-order valence-electron chi connectivity index (χ2n) is 8.26. The van der Waals surface area contributed by atoms with Gasteiger partial charge in [-0.1, -0.05) is 19.2 Å². The molecule has 1 aliphatic carbocycles. The molecule has 0 amide bonds. The topological polar surface area (TPSA) is 6.25 Å². The first-order valence-corrected chi connectivity index (χ1v) is 13.3. The van der Waals surface area contributed by atoms with Gasteiger partial charge in [-0.2, -0.15) is 11.3 Å². The van der Waals surface area contributed by atoms with Gasteiger partial charge in [-0.15, -0.1) is 0 Å². The van der Waals surface area contributed by atoms with Crippen molar-refractivity contribution in [2.45, 2.75) is 13.1 Å². The Bertz CT molecular complexity index is 1030. The van der Waals surface area contributed by atoms with E-state index in [-0.39, 0.29) is 0 Å². The summed E-state index contributed by atoms with van der Waals surface area (Å²) in [5.41, 5.74) is 8.13. The molecule has 0 unspecified atom stereocenters. The largest absolute Gasteiger partial charge is 0.378 e. The highest BCUT2D eigenvalue weighted by Crippen LogP contribution is 2.42. The van der Waals surface area contributed by atoms with Gasteiger partial charge in [0.25, 0.3) is 0 Å². The van der Waals surface area contributed by atoms with Crippen molar-refractivity contribution in [2.75, 3.05) is 33.1 Å². The zero-order chi connectivity index (χ0) is 19.3. The summed E-state index contributed by atoms with van der Waals surface area (Å²) in [7, 11) is 6.69. The normalized spacial score (nSPS) is 17.4. The average molecular weight is 392 g/mol. The lowest BCUT2D eigenvalue weighted by Crippen LogP contribution is -2.49. The van der Waals surface area contributed by atoms with E-state index in [1.807, 2.05) is 0 Å². The van der Waals surface area contributed by atoms with Crippen LogP contribution >= 0.6 is 11.3 Å². The van der Waals surface area contributed by atoms with Crippen LogP contribution in [0.15, 0.2) is 64.0 Å². The minimum Gasteiger partial charge on any atom is -0.378 e. The van der Waals surface area contributed by atoms with Crippen molar-refractivity contribution >= 4 is 41.6 Å². The number of allylic oxidation sites excluding steroid dienone is 5. The zero-order valence-corrected chi connectivity index (χ0v) is 18.8. The van der Waals surface area contributed by atoms with E-state index >= 15 is 0 Å². The number of nitrogens with zero attached hydrogens (tertiary/aromatic N) is 2. The van der Waals surface area contributed by atoms with Gasteiger partial charge in [0.2, 0.25) is 0 Å². The predicted molar refractivity (Wildman–Crippen MR) is 123 cm³/mol. The minimum atomic E-state index is -1.81. The van der Waals surface area contributed by atoms with Crippen LogP contribution < -0.4 is 10.1 Å². The molecular formula is C23H27N2SSi+. The number of fused-ring (bicyclic) bond motifs is 2. The van der Waals surface area contributed by atoms with Gasteiger partial charge in [0.1, 0.15) is 22.2 Å². The molecule has 4 rings (SSSR count). The molecule has 0 saturated carbocycles. The maximum atomic E-state index is 2.49. The summed E-state index contributed by atoms with van der Waals surface area (Å²) in [6.45, 7) is 4.99. The number of hydrogen-bond donors (Lipinski definition) is 0. The zero-order valence-electron chi connectivity index (χ0n) is 17.0. The van der Waals surface area contributed by atoms with Crippen LogP contribution in [0.3, 0.4) is 0 Å². The van der Waals surface area contributed by atoms with E-state index in [0.29, 0.717) is 0 Å². The molecule has 2 heterocycles. The first-order valence-electron chi connectivity index (χ1n) is 9.34. The van der Waals surface area contributed by atoms with E-state index in [1.165, 1.54) is 33.7 Å². The maximum absolute atomic E-state index is 2.49. The maximum Gasteiger partial charge on any atom is 0.199 e. The summed E-state index contributed by atoms with van der Waals surface area (Å²) in [5.74, 6) is 0. The third-order valence-corrected chi connectivity index (χ3v) is 9.94. The fraction of sp³-hybridized carbons (Fsp3) is 0.261. The quantitative estimate of drug-likeness (QED) is 0.547. The van der Waals surface area contributed by atoms with Gasteiger partial charge in [0, 0.05) is 31.9 Å². The Morgan fingerprint density at radius 2 is 1.81 bits per heavy atom. The van der Waals surface area contributed by atoms with Crippen LogP contribution in [0.25, 0.3) is 5.57 Å². The molecule has 0 spiro atoms. The molecule has 0 bridgehead atoms. The Hall–Kier alpha value is -2.17. The lowest BCUT2D eigenvalue weighted by atomic mass is 9.91. The van der Waals surface area contributed by atoms with Crippen molar-refractivity contribution in [3.63, 3.8) is 0 Å². The molecule has 0 radical (unpaired) electrons. The number of anilines is 1. The molecule has 0 atom stereocenters. The monoisotopic (exact) mass is 391 g/mol. The van der Waals surface area contributed by atoms with Crippen LogP contribution in [-0.4, -0.2) is 46.6 Å². The van der Waals surface area contributed by atoms with E-state index < -0.39 is 8.07 Å². The summed E-state index contributed by atoms with van der Waals surface area (Å²) in [4.78, 5) is 2.21. The van der Waals surface area contributed by atoms with Gasteiger partial charge in [-0.05, 0) is 67.7 Å². The predicted octanol–water partition coefficient (Wildman–Crippen LogP) is 4.29. The van der Waals surface area contributed by atoms with Crippen LogP contribution in [0, 0.1) is 0 Å². The molecule has 1 aliphatic heterocycles. The van der Waals surface area contributed by atoms with Gasteiger partial charge < -0.3 is 4.90 Å². The number of thiophene rings is 1. The van der Waals surface area contributed by atoms with Gasteiger partial charge in [0.15, 0.2) is 5.71 Å². The summed E-state index contributed by atoms with van der Waals surface area (Å²) in [6.07, 6.45) is 7.03. The highest BCUT2D eigenvalue weighted by atomic mass is 32.1. The van der Waals surface area contributed by atoms with Crippen LogP contribution in [0.5, 0.6) is 0 Å². The molecular weight excluding hydrogens is 364 g/mol. The van der Waals surface area contributed by atoms with E-state index in [0.717, 1.165) is 0 Å². The van der Waals surface area contributed by atoms with Crippen LogP contribution in [-0.2, 0) is 0 Å². The lowest BCUT2D eigenvalue weighted by molar-refractivity contribution is -0.462. The van der Waals surface area contributed by atoms with E-state index in [9.17, 15) is 0 Å². The summed E-state index contributed by atoms with van der Waals surface area (Å²) >= 11 is 1.77. The van der Waals surface area contributed by atoms with Gasteiger partial charge in [0.05, 0.1) is 0 Å². The third-order valence-electron chi connectivity index (χ3n) is 5.73. The molecule has 2 aromatic rings. The molecule has 2 aliphatic rings. The Balaban J connectivity index is 2.08. The molecule has 138 valence electrons. The minimum absolute atomic E-state index is 1.28. The Morgan fingerprint density at radius 1 is 1.04 bits per heavy atom. The first kappa shape index (κ1) is 18.2. The van der Waals surface area contributed by atoms with E-state index in [4.69, 9.17) is 0 Å². The Kier molecular flexibility index (Phi) is 4.36. The van der Waals surface area contributed by atoms with Crippen LogP contribution in [0.2, 0.25) is 13.1 Å². The van der Waals surface area contributed by atoms with Crippen LogP contribution in [0.4, 0.5) is 5.69 Å². The van der Waals surface area contributed by atoms with Crippen molar-refractivity contribution in [3.05, 3.63) is 75.2 Å². The van der Waals surface area contributed by atoms with Crippen molar-refractivity contribution in [3.8, 4) is 0 Å². The average Bonchev–Trinajstić information content (AvgIpc) is 3.15. The molecule has 1 aromatic carbocycles. The molecule has 4 heteroatoms. The number of hydrogen-bond acceptors (Lipinski definition) is 2. The number of rotatable bonds is 2. The smallest absolute Gasteiger partial charge is 0.199 e. The Morgan fingerprint density at radius 3 is 2.44 bits per heavy atom. The lowest BCUT2D eigenvalue weighted by Gasteiger charge is -2.38. The highest BCUT2D eigenvalue weighted by Gasteiger charge is 2.40. The SMILES string of the molecule is CN(C)c1ccc2c(c1)[Si](C)(C)C1=CC(=[N+](C)C)C=CC1=C2c1ccsc1. The second kappa shape index (κ2) is 6.46. The summed E-state index contributed by atoms with van der Waals surface area (Å²) < 4.78 is 2.21. The molecule has 0 fully saturated rings. The fourth-order valence-electron chi connectivity index (χ4n) is 4.10. The van der Waals surface area contributed by atoms with Crippen molar-refractivity contribution in [1.82, 2.24) is 0 Å². The molecule has 0 N–H and O–H groups in total. The van der Waals surface area contributed by atoms with Gasteiger partial charge in [-0.3, -0.25) is 0 Å². The standard InChI is InChI=1S/C23H27N2SSi/c1-24(2)17-7-9-19-21(13-17)27(5,6)22-14-18(25(3)4)8-10-20(22)23(19)16-11-12-26-15-16/h7-15H,1-6H3/q+1. The summed E-state index contributed by atoms with van der Waals surface area (Å²) in [5, 5.41) is 7.54. The molecule has 0 saturated heterocycles. The number of benzene rings is 1.